The predicted molar refractivity (Wildman–Crippen MR) is 88.7 cm³/mol. The van der Waals surface area contributed by atoms with Crippen LogP contribution >= 0.6 is 11.3 Å². The Morgan fingerprint density at radius 1 is 1.09 bits per heavy atom. The van der Waals surface area contributed by atoms with Gasteiger partial charge in [0.25, 0.3) is 0 Å². The molecule has 0 aliphatic carbocycles. The number of halogens is 2. The van der Waals surface area contributed by atoms with E-state index < -0.39 is 11.6 Å². The molecule has 112 valence electrons. The summed E-state index contributed by atoms with van der Waals surface area (Å²) in [7, 11) is 0. The summed E-state index contributed by atoms with van der Waals surface area (Å²) in [5.41, 5.74) is 1.60. The number of hydrogen-bond acceptors (Lipinski definition) is 2. The van der Waals surface area contributed by atoms with Crippen LogP contribution in [0.25, 0.3) is 17.2 Å². The van der Waals surface area contributed by atoms with E-state index in [1.54, 1.807) is 41.8 Å². The van der Waals surface area contributed by atoms with Crippen molar-refractivity contribution in [1.82, 2.24) is 4.98 Å². The third-order valence-electron chi connectivity index (χ3n) is 2.90. The lowest BCUT2D eigenvalue weighted by molar-refractivity contribution is 0.589. The molecule has 1 heterocycles. The zero-order valence-electron chi connectivity index (χ0n) is 12.1. The lowest BCUT2D eigenvalue weighted by Gasteiger charge is -2.05. The van der Waals surface area contributed by atoms with Gasteiger partial charge in [0.05, 0.1) is 5.56 Å². The average molecular weight is 315 g/mol. The van der Waals surface area contributed by atoms with Crippen molar-refractivity contribution in [2.45, 2.75) is 6.92 Å². The minimum absolute atomic E-state index is 0.0428. The van der Waals surface area contributed by atoms with E-state index in [1.165, 1.54) is 18.2 Å². The molecule has 0 fully saturated rings. The van der Waals surface area contributed by atoms with Crippen LogP contribution in [0.3, 0.4) is 0 Å². The van der Waals surface area contributed by atoms with Crippen molar-refractivity contribution in [3.05, 3.63) is 82.8 Å². The van der Waals surface area contributed by atoms with Gasteiger partial charge in [-0.15, -0.1) is 11.3 Å². The SMILES string of the molecule is C=Cc1nccs1.Cc1cccc(-c2c(F)cccc2F)c1. The van der Waals surface area contributed by atoms with Crippen LogP contribution in [-0.2, 0) is 0 Å². The van der Waals surface area contributed by atoms with Crippen LogP contribution in [0.15, 0.2) is 60.6 Å². The maximum atomic E-state index is 13.4. The summed E-state index contributed by atoms with van der Waals surface area (Å²) in [6.45, 7) is 5.44. The van der Waals surface area contributed by atoms with Gasteiger partial charge in [0.1, 0.15) is 16.6 Å². The Labute approximate surface area is 132 Å². The van der Waals surface area contributed by atoms with Gasteiger partial charge in [-0.05, 0) is 30.7 Å². The molecule has 22 heavy (non-hydrogen) atoms. The van der Waals surface area contributed by atoms with E-state index in [4.69, 9.17) is 0 Å². The first kappa shape index (κ1) is 16.0. The van der Waals surface area contributed by atoms with Gasteiger partial charge in [-0.2, -0.15) is 0 Å². The molecule has 1 aromatic heterocycles. The van der Waals surface area contributed by atoms with E-state index >= 15 is 0 Å². The molecule has 0 atom stereocenters. The Kier molecular flexibility index (Phi) is 5.55. The smallest absolute Gasteiger partial charge is 0.133 e. The predicted octanol–water partition coefficient (Wildman–Crippen LogP) is 5.73. The molecule has 0 unspecified atom stereocenters. The largest absolute Gasteiger partial charge is 0.245 e. The second kappa shape index (κ2) is 7.61. The number of benzene rings is 2. The molecule has 0 radical (unpaired) electrons. The second-order valence-electron chi connectivity index (χ2n) is 4.54. The summed E-state index contributed by atoms with van der Waals surface area (Å²) in [6.07, 6.45) is 3.51. The Bertz CT molecular complexity index is 731. The van der Waals surface area contributed by atoms with Gasteiger partial charge in [0.2, 0.25) is 0 Å². The summed E-state index contributed by atoms with van der Waals surface area (Å²) in [5, 5.41) is 2.91. The number of thiazole rings is 1. The third-order valence-corrected chi connectivity index (χ3v) is 3.67. The van der Waals surface area contributed by atoms with Crippen LogP contribution in [0.5, 0.6) is 0 Å². The van der Waals surface area contributed by atoms with Crippen molar-refractivity contribution >= 4 is 17.4 Å². The topological polar surface area (TPSA) is 12.9 Å². The molecule has 1 nitrogen and oxygen atoms in total. The summed E-state index contributed by atoms with van der Waals surface area (Å²) in [6, 6.07) is 11.0. The Morgan fingerprint density at radius 2 is 1.77 bits per heavy atom. The van der Waals surface area contributed by atoms with Gasteiger partial charge in [-0.25, -0.2) is 13.8 Å². The first-order valence-corrected chi connectivity index (χ1v) is 7.52. The van der Waals surface area contributed by atoms with Crippen molar-refractivity contribution in [3.63, 3.8) is 0 Å². The molecule has 0 spiro atoms. The van der Waals surface area contributed by atoms with E-state index in [2.05, 4.69) is 11.6 Å². The fourth-order valence-corrected chi connectivity index (χ4v) is 2.39. The van der Waals surface area contributed by atoms with Crippen molar-refractivity contribution in [2.75, 3.05) is 0 Å². The molecule has 3 aromatic rings. The minimum Gasteiger partial charge on any atom is -0.245 e. The molecule has 0 N–H and O–H groups in total. The zero-order chi connectivity index (χ0) is 15.9. The van der Waals surface area contributed by atoms with Gasteiger partial charge < -0.3 is 0 Å². The fraction of sp³-hybridized carbons (Fsp3) is 0.0556. The monoisotopic (exact) mass is 315 g/mol. The average Bonchev–Trinajstić information content (AvgIpc) is 3.01. The van der Waals surface area contributed by atoms with Crippen LogP contribution in [-0.4, -0.2) is 4.98 Å². The van der Waals surface area contributed by atoms with Gasteiger partial charge in [-0.1, -0.05) is 42.5 Å². The summed E-state index contributed by atoms with van der Waals surface area (Å²) in [4.78, 5) is 3.94. The molecule has 0 aliphatic rings. The maximum Gasteiger partial charge on any atom is 0.133 e. The second-order valence-corrected chi connectivity index (χ2v) is 5.47. The lowest BCUT2D eigenvalue weighted by Crippen LogP contribution is -1.89. The van der Waals surface area contributed by atoms with E-state index in [0.29, 0.717) is 5.56 Å². The first-order chi connectivity index (χ1) is 10.6. The van der Waals surface area contributed by atoms with Gasteiger partial charge in [0, 0.05) is 11.6 Å². The molecule has 0 bridgehead atoms. The molecule has 0 saturated heterocycles. The van der Waals surface area contributed by atoms with Crippen molar-refractivity contribution < 1.29 is 8.78 Å². The van der Waals surface area contributed by atoms with E-state index in [1.807, 2.05) is 18.4 Å². The highest BCUT2D eigenvalue weighted by atomic mass is 32.1. The molecule has 0 saturated carbocycles. The number of rotatable bonds is 2. The number of aromatic nitrogens is 1. The van der Waals surface area contributed by atoms with Crippen molar-refractivity contribution in [2.24, 2.45) is 0 Å². The van der Waals surface area contributed by atoms with E-state index in [9.17, 15) is 8.78 Å². The van der Waals surface area contributed by atoms with Gasteiger partial charge >= 0.3 is 0 Å². The molecular weight excluding hydrogens is 300 g/mol. The minimum atomic E-state index is -0.527. The quantitative estimate of drug-likeness (QED) is 0.589. The highest BCUT2D eigenvalue weighted by molar-refractivity contribution is 7.10. The summed E-state index contributed by atoms with van der Waals surface area (Å²) in [5.74, 6) is -1.05. The zero-order valence-corrected chi connectivity index (χ0v) is 12.9. The highest BCUT2D eigenvalue weighted by Gasteiger charge is 2.10. The van der Waals surface area contributed by atoms with Crippen molar-refractivity contribution in [3.8, 4) is 11.1 Å². The highest BCUT2D eigenvalue weighted by Crippen LogP contribution is 2.26. The molecule has 4 heteroatoms. The number of nitrogens with zero attached hydrogens (tertiary/aromatic N) is 1. The molecular formula is C18H15F2NS. The molecule has 0 amide bonds. The number of aryl methyl sites for hydroxylation is 1. The van der Waals surface area contributed by atoms with Crippen LogP contribution in [0.2, 0.25) is 0 Å². The normalized spacial score (nSPS) is 9.77. The van der Waals surface area contributed by atoms with Crippen LogP contribution in [0.1, 0.15) is 10.6 Å². The summed E-state index contributed by atoms with van der Waals surface area (Å²) < 4.78 is 26.9. The van der Waals surface area contributed by atoms with Crippen LogP contribution in [0, 0.1) is 18.6 Å². The molecule has 2 aromatic carbocycles. The maximum absolute atomic E-state index is 13.4. The van der Waals surface area contributed by atoms with Gasteiger partial charge in [-0.3, -0.25) is 0 Å². The van der Waals surface area contributed by atoms with Crippen LogP contribution < -0.4 is 0 Å². The van der Waals surface area contributed by atoms with Crippen LogP contribution in [0.4, 0.5) is 8.78 Å². The van der Waals surface area contributed by atoms with E-state index in [-0.39, 0.29) is 5.56 Å². The first-order valence-electron chi connectivity index (χ1n) is 6.65. The molecule has 0 aliphatic heterocycles. The summed E-state index contributed by atoms with van der Waals surface area (Å²) >= 11 is 1.59. The van der Waals surface area contributed by atoms with E-state index in [0.717, 1.165) is 10.6 Å². The standard InChI is InChI=1S/C13H10F2.C5H5NS/c1-9-4-2-5-10(8-9)13-11(14)6-3-7-12(13)15;1-2-5-6-3-4-7-5/h2-8H,1H3;2-4H,1H2. The fourth-order valence-electron chi connectivity index (χ4n) is 1.91. The van der Waals surface area contributed by atoms with Gasteiger partial charge in [0.15, 0.2) is 0 Å². The molecule has 3 rings (SSSR count). The Balaban J connectivity index is 0.000000211. The number of hydrogen-bond donors (Lipinski definition) is 0. The third kappa shape index (κ3) is 4.09. The van der Waals surface area contributed by atoms with Crippen molar-refractivity contribution in [1.29, 1.82) is 0 Å². The Hall–Kier alpha value is -2.33. The Morgan fingerprint density at radius 3 is 2.27 bits per heavy atom. The lowest BCUT2D eigenvalue weighted by atomic mass is 10.0.